The van der Waals surface area contributed by atoms with Crippen LogP contribution in [-0.4, -0.2) is 60.9 Å². The molecule has 1 aromatic carbocycles. The molecule has 0 saturated carbocycles. The summed E-state index contributed by atoms with van der Waals surface area (Å²) in [5, 5.41) is 5.33. The second-order valence-corrected chi connectivity index (χ2v) is 9.40. The quantitative estimate of drug-likeness (QED) is 0.467. The molecule has 10 nitrogen and oxygen atoms in total. The summed E-state index contributed by atoms with van der Waals surface area (Å²) in [6, 6.07) is 7.76. The van der Waals surface area contributed by atoms with E-state index in [1.807, 2.05) is 6.07 Å². The Balaban J connectivity index is 1.68. The van der Waals surface area contributed by atoms with Gasteiger partial charge in [-0.1, -0.05) is 30.3 Å². The maximum absolute atomic E-state index is 12.8. The SMILES string of the molecule is CCOC(=O)C1=C(COC(=O)C2CCN(C(=O)OC(C)(C)C)CC2)NC(=O)NC1c1ccccc1. The summed E-state index contributed by atoms with van der Waals surface area (Å²) in [5.41, 5.74) is 0.475. The van der Waals surface area contributed by atoms with E-state index in [1.165, 1.54) is 0 Å². The summed E-state index contributed by atoms with van der Waals surface area (Å²) >= 11 is 0. The largest absolute Gasteiger partial charge is 0.463 e. The van der Waals surface area contributed by atoms with Gasteiger partial charge in [-0.25, -0.2) is 14.4 Å². The number of carbonyl (C=O) groups is 4. The molecule has 2 heterocycles. The number of carbonyl (C=O) groups excluding carboxylic acids is 4. The number of hydrogen-bond acceptors (Lipinski definition) is 7. The van der Waals surface area contributed by atoms with Crippen LogP contribution < -0.4 is 10.6 Å². The van der Waals surface area contributed by atoms with Crippen LogP contribution in [0.1, 0.15) is 52.1 Å². The Hall–Kier alpha value is -3.56. The average molecular weight is 488 g/mol. The van der Waals surface area contributed by atoms with E-state index in [1.54, 1.807) is 56.9 Å². The minimum Gasteiger partial charge on any atom is -0.463 e. The third kappa shape index (κ3) is 6.97. The zero-order valence-electron chi connectivity index (χ0n) is 20.6. The summed E-state index contributed by atoms with van der Waals surface area (Å²) in [5.74, 6) is -1.46. The van der Waals surface area contributed by atoms with Crippen molar-refractivity contribution in [2.45, 2.75) is 52.2 Å². The Kier molecular flexibility index (Phi) is 8.37. The van der Waals surface area contributed by atoms with Gasteiger partial charge in [0.25, 0.3) is 0 Å². The smallest absolute Gasteiger partial charge is 0.410 e. The van der Waals surface area contributed by atoms with Gasteiger partial charge in [-0.2, -0.15) is 0 Å². The molecule has 3 amide bonds. The maximum atomic E-state index is 12.8. The van der Waals surface area contributed by atoms with Gasteiger partial charge in [0.2, 0.25) is 0 Å². The lowest BCUT2D eigenvalue weighted by molar-refractivity contribution is -0.149. The van der Waals surface area contributed by atoms with E-state index in [0.29, 0.717) is 31.5 Å². The molecule has 2 aliphatic heterocycles. The van der Waals surface area contributed by atoms with Gasteiger partial charge in [-0.15, -0.1) is 0 Å². The van der Waals surface area contributed by atoms with E-state index in [2.05, 4.69) is 10.6 Å². The Labute approximate surface area is 205 Å². The molecule has 190 valence electrons. The summed E-state index contributed by atoms with van der Waals surface area (Å²) in [7, 11) is 0. The van der Waals surface area contributed by atoms with Gasteiger partial charge in [0, 0.05) is 13.1 Å². The molecule has 0 bridgehead atoms. The first-order chi connectivity index (χ1) is 16.6. The van der Waals surface area contributed by atoms with Gasteiger partial charge >= 0.3 is 24.1 Å². The van der Waals surface area contributed by atoms with Crippen LogP contribution in [0, 0.1) is 5.92 Å². The number of nitrogens with zero attached hydrogens (tertiary/aromatic N) is 1. The summed E-state index contributed by atoms with van der Waals surface area (Å²) in [6.45, 7) is 7.72. The van der Waals surface area contributed by atoms with Crippen LogP contribution in [0.2, 0.25) is 0 Å². The molecule has 1 unspecified atom stereocenters. The number of hydrogen-bond donors (Lipinski definition) is 2. The minimum atomic E-state index is -0.741. The molecular formula is C25H33N3O7. The molecule has 0 aromatic heterocycles. The van der Waals surface area contributed by atoms with Crippen molar-refractivity contribution in [2.75, 3.05) is 26.3 Å². The predicted molar refractivity (Wildman–Crippen MR) is 126 cm³/mol. The Morgan fingerprint density at radius 1 is 1.06 bits per heavy atom. The molecule has 10 heteroatoms. The van der Waals surface area contributed by atoms with Crippen LogP contribution in [0.3, 0.4) is 0 Å². The Bertz CT molecular complexity index is 977. The van der Waals surface area contributed by atoms with Gasteiger partial charge in [-0.05, 0) is 46.1 Å². The van der Waals surface area contributed by atoms with Gasteiger partial charge in [-0.3, -0.25) is 4.79 Å². The topological polar surface area (TPSA) is 123 Å². The monoisotopic (exact) mass is 487 g/mol. The van der Waals surface area contributed by atoms with Crippen molar-refractivity contribution in [3.05, 3.63) is 47.2 Å². The molecular weight excluding hydrogens is 454 g/mol. The molecule has 1 saturated heterocycles. The van der Waals surface area contributed by atoms with Crippen molar-refractivity contribution in [2.24, 2.45) is 5.92 Å². The number of benzene rings is 1. The van der Waals surface area contributed by atoms with E-state index < -0.39 is 41.6 Å². The highest BCUT2D eigenvalue weighted by atomic mass is 16.6. The molecule has 0 radical (unpaired) electrons. The molecule has 0 aliphatic carbocycles. The van der Waals surface area contributed by atoms with Gasteiger partial charge in [0.15, 0.2) is 0 Å². The lowest BCUT2D eigenvalue weighted by atomic mass is 9.95. The second-order valence-electron chi connectivity index (χ2n) is 9.40. The number of nitrogens with one attached hydrogen (secondary N) is 2. The van der Waals surface area contributed by atoms with Crippen LogP contribution in [0.15, 0.2) is 41.6 Å². The van der Waals surface area contributed by atoms with Gasteiger partial charge in [0.1, 0.15) is 12.2 Å². The summed E-state index contributed by atoms with van der Waals surface area (Å²) in [6.07, 6.45) is 0.461. The first kappa shape index (κ1) is 26.1. The fraction of sp³-hybridized carbons (Fsp3) is 0.520. The molecule has 2 aliphatic rings. The van der Waals surface area contributed by atoms with Crippen molar-refractivity contribution in [3.8, 4) is 0 Å². The molecule has 0 spiro atoms. The number of likely N-dealkylation sites (tertiary alicyclic amines) is 1. The van der Waals surface area contributed by atoms with Gasteiger partial charge < -0.3 is 29.7 Å². The minimum absolute atomic E-state index is 0.154. The number of piperidine rings is 1. The van der Waals surface area contributed by atoms with E-state index in [-0.39, 0.29) is 24.5 Å². The number of amides is 3. The fourth-order valence-corrected chi connectivity index (χ4v) is 3.96. The van der Waals surface area contributed by atoms with Crippen LogP contribution >= 0.6 is 0 Å². The third-order valence-electron chi connectivity index (χ3n) is 5.62. The Morgan fingerprint density at radius 3 is 2.31 bits per heavy atom. The lowest BCUT2D eigenvalue weighted by Crippen LogP contribution is -2.47. The van der Waals surface area contributed by atoms with E-state index >= 15 is 0 Å². The number of ether oxygens (including phenoxy) is 3. The first-order valence-corrected chi connectivity index (χ1v) is 11.8. The van der Waals surface area contributed by atoms with E-state index in [4.69, 9.17) is 14.2 Å². The molecule has 1 aromatic rings. The maximum Gasteiger partial charge on any atom is 0.410 e. The standard InChI is InChI=1S/C25H33N3O7/c1-5-33-22(30)19-18(26-23(31)27-20(19)16-9-7-6-8-10-16)15-34-21(29)17-11-13-28(14-12-17)24(32)35-25(2,3)4/h6-10,17,20H,5,11-15H2,1-4H3,(H2,26,27,31). The predicted octanol–water partition coefficient (Wildman–Crippen LogP) is 3.05. The van der Waals surface area contributed by atoms with E-state index in [0.717, 1.165) is 0 Å². The summed E-state index contributed by atoms with van der Waals surface area (Å²) in [4.78, 5) is 51.7. The zero-order valence-corrected chi connectivity index (χ0v) is 20.6. The molecule has 3 rings (SSSR count). The highest BCUT2D eigenvalue weighted by molar-refractivity contribution is 5.95. The van der Waals surface area contributed by atoms with Crippen LogP contribution in [-0.2, 0) is 23.8 Å². The molecule has 2 N–H and O–H groups in total. The highest BCUT2D eigenvalue weighted by Gasteiger charge is 2.35. The lowest BCUT2D eigenvalue weighted by Gasteiger charge is -2.33. The van der Waals surface area contributed by atoms with Crippen molar-refractivity contribution >= 4 is 24.1 Å². The molecule has 1 atom stereocenters. The number of rotatable bonds is 6. The Morgan fingerprint density at radius 2 is 1.71 bits per heavy atom. The van der Waals surface area contributed by atoms with Crippen molar-refractivity contribution in [1.82, 2.24) is 15.5 Å². The van der Waals surface area contributed by atoms with Crippen LogP contribution in [0.5, 0.6) is 0 Å². The summed E-state index contributed by atoms with van der Waals surface area (Å²) < 4.78 is 16.1. The van der Waals surface area contributed by atoms with Crippen LogP contribution in [0.25, 0.3) is 0 Å². The third-order valence-corrected chi connectivity index (χ3v) is 5.62. The fourth-order valence-electron chi connectivity index (χ4n) is 3.96. The average Bonchev–Trinajstić information content (AvgIpc) is 2.81. The van der Waals surface area contributed by atoms with Crippen LogP contribution in [0.4, 0.5) is 9.59 Å². The highest BCUT2D eigenvalue weighted by Crippen LogP contribution is 2.28. The second kappa shape index (κ2) is 11.2. The molecule has 35 heavy (non-hydrogen) atoms. The zero-order chi connectivity index (χ0) is 25.6. The van der Waals surface area contributed by atoms with E-state index in [9.17, 15) is 19.2 Å². The normalized spacial score (nSPS) is 18.9. The number of esters is 2. The first-order valence-electron chi connectivity index (χ1n) is 11.8. The van der Waals surface area contributed by atoms with Crippen molar-refractivity contribution in [3.63, 3.8) is 0 Å². The van der Waals surface area contributed by atoms with Gasteiger partial charge in [0.05, 0.1) is 29.8 Å². The number of urea groups is 1. The van der Waals surface area contributed by atoms with Crippen molar-refractivity contribution in [1.29, 1.82) is 0 Å². The van der Waals surface area contributed by atoms with Crippen molar-refractivity contribution < 1.29 is 33.4 Å². The molecule has 1 fully saturated rings.